The third kappa shape index (κ3) is 5.38. The molecule has 6 nitrogen and oxygen atoms in total. The fraction of sp³-hybridized carbons (Fsp3) is 0.143. The summed E-state index contributed by atoms with van der Waals surface area (Å²) < 4.78 is 11.5. The highest BCUT2D eigenvalue weighted by Crippen LogP contribution is 2.32. The zero-order valence-corrected chi connectivity index (χ0v) is 17.1. The van der Waals surface area contributed by atoms with Crippen molar-refractivity contribution >= 4 is 29.0 Å². The Morgan fingerprint density at radius 1 is 1.10 bits per heavy atom. The molecule has 0 aliphatic carbocycles. The minimum absolute atomic E-state index is 0.192. The number of amidine groups is 1. The van der Waals surface area contributed by atoms with Crippen LogP contribution in [0.4, 0.5) is 0 Å². The van der Waals surface area contributed by atoms with Gasteiger partial charge in [0.25, 0.3) is 0 Å². The minimum Gasteiger partial charge on any atom is -0.494 e. The fourth-order valence-electron chi connectivity index (χ4n) is 2.59. The molecule has 1 heterocycles. The summed E-state index contributed by atoms with van der Waals surface area (Å²) in [6, 6.07) is 15.9. The molecule has 0 aliphatic heterocycles. The van der Waals surface area contributed by atoms with E-state index in [1.165, 1.54) is 0 Å². The van der Waals surface area contributed by atoms with Crippen LogP contribution in [-0.4, -0.2) is 22.6 Å². The van der Waals surface area contributed by atoms with Crippen molar-refractivity contribution in [2.75, 3.05) is 6.61 Å². The predicted octanol–water partition coefficient (Wildman–Crippen LogP) is 5.51. The van der Waals surface area contributed by atoms with Crippen LogP contribution in [-0.2, 0) is 6.54 Å². The van der Waals surface area contributed by atoms with E-state index >= 15 is 0 Å². The molecule has 0 fully saturated rings. The summed E-state index contributed by atoms with van der Waals surface area (Å²) in [5, 5.41) is 10.5. The molecule has 0 radical (unpaired) electrons. The molecular formula is C21H19Cl2N3O3. The average Bonchev–Trinajstić information content (AvgIpc) is 2.73. The number of rotatable bonds is 7. The van der Waals surface area contributed by atoms with Crippen molar-refractivity contribution in [2.24, 2.45) is 4.99 Å². The Bertz CT molecular complexity index is 1010. The number of hydrogen-bond donors (Lipinski definition) is 2. The summed E-state index contributed by atoms with van der Waals surface area (Å²) >= 11 is 12.2. The Morgan fingerprint density at radius 3 is 2.72 bits per heavy atom. The van der Waals surface area contributed by atoms with Crippen LogP contribution in [0.2, 0.25) is 10.0 Å². The number of pyridine rings is 1. The lowest BCUT2D eigenvalue weighted by molar-refractivity contribution is 0.234. The number of aromatic nitrogens is 1. The molecule has 0 aliphatic rings. The molecule has 3 rings (SSSR count). The zero-order valence-electron chi connectivity index (χ0n) is 15.6. The molecule has 0 saturated carbocycles. The SMILES string of the molecule is CCOc1ccccc1CN=C(NO)c1cccnc1Oc1cc(Cl)ccc1Cl. The van der Waals surface area contributed by atoms with Gasteiger partial charge in [-0.25, -0.2) is 4.98 Å². The van der Waals surface area contributed by atoms with Crippen molar-refractivity contribution in [1.29, 1.82) is 0 Å². The molecular weight excluding hydrogens is 413 g/mol. The maximum Gasteiger partial charge on any atom is 0.230 e. The van der Waals surface area contributed by atoms with Crippen LogP contribution >= 0.6 is 23.2 Å². The van der Waals surface area contributed by atoms with E-state index in [4.69, 9.17) is 32.7 Å². The summed E-state index contributed by atoms with van der Waals surface area (Å²) in [5.41, 5.74) is 3.46. The van der Waals surface area contributed by atoms with Gasteiger partial charge in [-0.1, -0.05) is 41.4 Å². The lowest BCUT2D eigenvalue weighted by Gasteiger charge is -2.13. The number of nitrogens with zero attached hydrogens (tertiary/aromatic N) is 2. The van der Waals surface area contributed by atoms with Crippen molar-refractivity contribution in [3.63, 3.8) is 0 Å². The second-order valence-corrected chi connectivity index (χ2v) is 6.69. The molecule has 0 unspecified atom stereocenters. The van der Waals surface area contributed by atoms with Gasteiger partial charge in [0.2, 0.25) is 5.88 Å². The Kier molecular flexibility index (Phi) is 7.30. The summed E-state index contributed by atoms with van der Waals surface area (Å²) in [5.74, 6) is 1.50. The predicted molar refractivity (Wildman–Crippen MR) is 114 cm³/mol. The first kappa shape index (κ1) is 20.9. The van der Waals surface area contributed by atoms with E-state index in [1.807, 2.05) is 31.2 Å². The van der Waals surface area contributed by atoms with Gasteiger partial charge < -0.3 is 9.47 Å². The van der Waals surface area contributed by atoms with Crippen molar-refractivity contribution in [3.8, 4) is 17.4 Å². The average molecular weight is 432 g/mol. The van der Waals surface area contributed by atoms with E-state index < -0.39 is 0 Å². The molecule has 29 heavy (non-hydrogen) atoms. The number of hydrogen-bond acceptors (Lipinski definition) is 5. The topological polar surface area (TPSA) is 76.0 Å². The number of benzene rings is 2. The minimum atomic E-state index is 0.192. The number of nitrogens with one attached hydrogen (secondary N) is 1. The van der Waals surface area contributed by atoms with Gasteiger partial charge in [0.15, 0.2) is 5.84 Å². The first-order valence-corrected chi connectivity index (χ1v) is 9.61. The van der Waals surface area contributed by atoms with E-state index in [9.17, 15) is 5.21 Å². The highest BCUT2D eigenvalue weighted by atomic mass is 35.5. The third-order valence-electron chi connectivity index (χ3n) is 3.91. The van der Waals surface area contributed by atoms with Gasteiger partial charge in [0.1, 0.15) is 11.5 Å². The largest absolute Gasteiger partial charge is 0.494 e. The standard InChI is InChI=1S/C21H19Cl2N3O3/c1-2-28-18-8-4-3-6-14(18)13-25-20(26-27)16-7-5-11-24-21(16)29-19-12-15(22)9-10-17(19)23/h3-12,27H,2,13H2,1H3,(H,25,26). The smallest absolute Gasteiger partial charge is 0.230 e. The van der Waals surface area contributed by atoms with E-state index in [0.29, 0.717) is 28.0 Å². The molecule has 0 saturated heterocycles. The molecule has 8 heteroatoms. The molecule has 3 aromatic rings. The van der Waals surface area contributed by atoms with Crippen LogP contribution < -0.4 is 15.0 Å². The lowest BCUT2D eigenvalue weighted by Crippen LogP contribution is -2.21. The molecule has 0 atom stereocenters. The molecule has 0 bridgehead atoms. The first-order valence-electron chi connectivity index (χ1n) is 8.86. The number of halogens is 2. The van der Waals surface area contributed by atoms with Crippen molar-refractivity contribution in [3.05, 3.63) is 82.0 Å². The van der Waals surface area contributed by atoms with Crippen molar-refractivity contribution in [1.82, 2.24) is 10.5 Å². The van der Waals surface area contributed by atoms with Crippen LogP contribution in [0.5, 0.6) is 17.4 Å². The van der Waals surface area contributed by atoms with E-state index in [0.717, 1.165) is 11.3 Å². The quantitative estimate of drug-likeness (QED) is 0.293. The Hall–Kier alpha value is -2.80. The van der Waals surface area contributed by atoms with Crippen LogP contribution in [0.1, 0.15) is 18.1 Å². The maximum absolute atomic E-state index is 9.68. The summed E-state index contributed by atoms with van der Waals surface area (Å²) in [7, 11) is 0. The van der Waals surface area contributed by atoms with Crippen molar-refractivity contribution < 1.29 is 14.7 Å². The Labute approximate surface area is 178 Å². The second-order valence-electron chi connectivity index (χ2n) is 5.85. The number of ether oxygens (including phenoxy) is 2. The van der Waals surface area contributed by atoms with E-state index in [-0.39, 0.29) is 18.3 Å². The first-order chi connectivity index (χ1) is 14.1. The van der Waals surface area contributed by atoms with Crippen molar-refractivity contribution in [2.45, 2.75) is 13.5 Å². The fourth-order valence-corrected chi connectivity index (χ4v) is 2.91. The van der Waals surface area contributed by atoms with Gasteiger partial charge in [-0.2, -0.15) is 0 Å². The third-order valence-corrected chi connectivity index (χ3v) is 4.46. The van der Waals surface area contributed by atoms with Crippen LogP contribution in [0.25, 0.3) is 0 Å². The molecule has 2 N–H and O–H groups in total. The zero-order chi connectivity index (χ0) is 20.6. The van der Waals surface area contributed by atoms with Gasteiger partial charge in [-0.05, 0) is 37.3 Å². The summed E-state index contributed by atoms with van der Waals surface area (Å²) in [6.45, 7) is 2.75. The Balaban J connectivity index is 1.90. The van der Waals surface area contributed by atoms with Gasteiger partial charge >= 0.3 is 0 Å². The molecule has 0 spiro atoms. The van der Waals surface area contributed by atoms with Crippen LogP contribution in [0, 0.1) is 0 Å². The monoisotopic (exact) mass is 431 g/mol. The van der Waals surface area contributed by atoms with E-state index in [2.05, 4.69) is 15.5 Å². The number of para-hydroxylation sites is 1. The van der Waals surface area contributed by atoms with Gasteiger partial charge in [-0.15, -0.1) is 0 Å². The van der Waals surface area contributed by atoms with Crippen LogP contribution in [0.3, 0.4) is 0 Å². The molecule has 2 aromatic carbocycles. The molecule has 1 aromatic heterocycles. The van der Waals surface area contributed by atoms with E-state index in [1.54, 1.807) is 36.5 Å². The normalized spacial score (nSPS) is 11.2. The number of aliphatic imine (C=N–C) groups is 1. The molecule has 0 amide bonds. The summed E-state index contributed by atoms with van der Waals surface area (Å²) in [4.78, 5) is 8.70. The van der Waals surface area contributed by atoms with Crippen LogP contribution in [0.15, 0.2) is 65.8 Å². The highest BCUT2D eigenvalue weighted by Gasteiger charge is 2.14. The summed E-state index contributed by atoms with van der Waals surface area (Å²) in [6.07, 6.45) is 1.57. The van der Waals surface area contributed by atoms with Gasteiger partial charge in [0.05, 0.1) is 23.7 Å². The second kappa shape index (κ2) is 10.1. The Morgan fingerprint density at radius 2 is 1.93 bits per heavy atom. The highest BCUT2D eigenvalue weighted by molar-refractivity contribution is 6.34. The molecule has 150 valence electrons. The van der Waals surface area contributed by atoms with Gasteiger partial charge in [0, 0.05) is 22.8 Å². The maximum atomic E-state index is 9.68. The lowest BCUT2D eigenvalue weighted by atomic mass is 10.2. The van der Waals surface area contributed by atoms with Gasteiger partial charge in [-0.3, -0.25) is 15.7 Å². The number of hydroxylamine groups is 1.